The molecule has 1 N–H and O–H groups in total. The van der Waals surface area contributed by atoms with E-state index in [1.54, 1.807) is 0 Å². The minimum atomic E-state index is -0.259. The summed E-state index contributed by atoms with van der Waals surface area (Å²) in [5, 5.41) is 8.92. The van der Waals surface area contributed by atoms with Gasteiger partial charge in [0.05, 0.1) is 6.61 Å². The third-order valence-electron chi connectivity index (χ3n) is 1.56. The van der Waals surface area contributed by atoms with E-state index in [4.69, 9.17) is 5.11 Å². The van der Waals surface area contributed by atoms with Gasteiger partial charge in [-0.15, -0.1) is 0 Å². The lowest BCUT2D eigenvalue weighted by atomic mass is 9.85. The Bertz CT molecular complexity index is 184. The Morgan fingerprint density at radius 2 is 2.50 bits per heavy atom. The molecule has 0 amide bonds. The summed E-state index contributed by atoms with van der Waals surface area (Å²) in [7, 11) is 0. The van der Waals surface area contributed by atoms with Gasteiger partial charge in [-0.25, -0.2) is 0 Å². The molecular formula is C8H10IO. The van der Waals surface area contributed by atoms with Gasteiger partial charge in [0.2, 0.25) is 0 Å². The summed E-state index contributed by atoms with van der Waals surface area (Å²) in [5.41, 5.74) is -0.259. The van der Waals surface area contributed by atoms with Crippen LogP contribution in [-0.2, 0) is 0 Å². The highest BCUT2D eigenvalue weighted by Gasteiger charge is 2.21. The lowest BCUT2D eigenvalue weighted by molar-refractivity contribution is 0.205. The van der Waals surface area contributed by atoms with Gasteiger partial charge in [-0.05, 0) is 35.9 Å². The molecule has 0 bridgehead atoms. The van der Waals surface area contributed by atoms with Crippen LogP contribution in [0.25, 0.3) is 0 Å². The SMILES string of the molecule is [CH2]C1(CO)C=C(I)C=CC1. The van der Waals surface area contributed by atoms with E-state index < -0.39 is 0 Å². The molecule has 0 fully saturated rings. The molecular weight excluding hydrogens is 239 g/mol. The quantitative estimate of drug-likeness (QED) is 0.705. The van der Waals surface area contributed by atoms with Crippen LogP contribution in [0.3, 0.4) is 0 Å². The van der Waals surface area contributed by atoms with Crippen molar-refractivity contribution in [1.29, 1.82) is 0 Å². The topological polar surface area (TPSA) is 20.2 Å². The first kappa shape index (κ1) is 8.27. The molecule has 0 aromatic rings. The molecule has 1 rings (SSSR count). The molecule has 1 aliphatic rings. The zero-order valence-electron chi connectivity index (χ0n) is 5.68. The van der Waals surface area contributed by atoms with Crippen molar-refractivity contribution < 1.29 is 5.11 Å². The molecule has 0 aromatic carbocycles. The van der Waals surface area contributed by atoms with E-state index in [0.717, 1.165) is 10.0 Å². The molecule has 1 radical (unpaired) electrons. The number of aliphatic hydroxyl groups excluding tert-OH is 1. The Morgan fingerprint density at radius 1 is 1.80 bits per heavy atom. The summed E-state index contributed by atoms with van der Waals surface area (Å²) in [4.78, 5) is 0. The molecule has 0 heterocycles. The molecule has 0 aromatic heterocycles. The number of allylic oxidation sites excluding steroid dienone is 3. The number of halogens is 1. The van der Waals surface area contributed by atoms with Crippen molar-refractivity contribution in [3.05, 3.63) is 28.7 Å². The molecule has 1 atom stereocenters. The molecule has 0 saturated heterocycles. The number of hydrogen-bond acceptors (Lipinski definition) is 1. The fourth-order valence-electron chi connectivity index (χ4n) is 0.916. The minimum Gasteiger partial charge on any atom is -0.395 e. The second-order valence-corrected chi connectivity index (χ2v) is 3.90. The Balaban J connectivity index is 2.76. The van der Waals surface area contributed by atoms with E-state index >= 15 is 0 Å². The van der Waals surface area contributed by atoms with Crippen LogP contribution in [0.4, 0.5) is 0 Å². The normalized spacial score (nSPS) is 32.1. The fourth-order valence-corrected chi connectivity index (χ4v) is 1.83. The van der Waals surface area contributed by atoms with E-state index in [2.05, 4.69) is 29.5 Å². The van der Waals surface area contributed by atoms with Crippen molar-refractivity contribution in [1.82, 2.24) is 0 Å². The van der Waals surface area contributed by atoms with Crippen LogP contribution in [0.15, 0.2) is 21.8 Å². The monoisotopic (exact) mass is 249 g/mol. The third-order valence-corrected chi connectivity index (χ3v) is 2.23. The summed E-state index contributed by atoms with van der Waals surface area (Å²) < 4.78 is 1.16. The van der Waals surface area contributed by atoms with E-state index in [9.17, 15) is 0 Å². The van der Waals surface area contributed by atoms with Crippen molar-refractivity contribution >= 4 is 22.6 Å². The molecule has 0 aliphatic heterocycles. The smallest absolute Gasteiger partial charge is 0.0525 e. The number of rotatable bonds is 1. The van der Waals surface area contributed by atoms with E-state index in [-0.39, 0.29) is 12.0 Å². The second kappa shape index (κ2) is 3.05. The van der Waals surface area contributed by atoms with E-state index in [1.807, 2.05) is 18.2 Å². The molecule has 10 heavy (non-hydrogen) atoms. The highest BCUT2D eigenvalue weighted by atomic mass is 127. The maximum absolute atomic E-state index is 8.92. The van der Waals surface area contributed by atoms with E-state index in [1.165, 1.54) is 0 Å². The molecule has 1 unspecified atom stereocenters. The third kappa shape index (κ3) is 1.83. The van der Waals surface area contributed by atoms with E-state index in [0.29, 0.717) is 0 Å². The average Bonchev–Trinajstić information content (AvgIpc) is 1.88. The Labute approximate surface area is 75.0 Å². The summed E-state index contributed by atoms with van der Waals surface area (Å²) in [6.07, 6.45) is 6.94. The van der Waals surface area contributed by atoms with Crippen LogP contribution in [0.2, 0.25) is 0 Å². The van der Waals surface area contributed by atoms with Gasteiger partial charge in [0.25, 0.3) is 0 Å². The zero-order chi connectivity index (χ0) is 7.61. The van der Waals surface area contributed by atoms with Crippen LogP contribution in [0.1, 0.15) is 6.42 Å². The molecule has 55 valence electrons. The van der Waals surface area contributed by atoms with Gasteiger partial charge in [0.1, 0.15) is 0 Å². The van der Waals surface area contributed by atoms with Gasteiger partial charge in [0, 0.05) is 8.99 Å². The Kier molecular flexibility index (Phi) is 2.52. The highest BCUT2D eigenvalue weighted by molar-refractivity contribution is 14.1. The van der Waals surface area contributed by atoms with Crippen molar-refractivity contribution in [2.75, 3.05) is 6.61 Å². The van der Waals surface area contributed by atoms with Gasteiger partial charge in [-0.1, -0.05) is 18.2 Å². The van der Waals surface area contributed by atoms with Gasteiger partial charge >= 0.3 is 0 Å². The zero-order valence-corrected chi connectivity index (χ0v) is 7.84. The number of aliphatic hydroxyl groups is 1. The van der Waals surface area contributed by atoms with Crippen LogP contribution in [-0.4, -0.2) is 11.7 Å². The number of hydrogen-bond donors (Lipinski definition) is 1. The lowest BCUT2D eigenvalue weighted by Crippen LogP contribution is -2.19. The van der Waals surface area contributed by atoms with Gasteiger partial charge in [-0.2, -0.15) is 0 Å². The first-order chi connectivity index (χ1) is 4.66. The average molecular weight is 249 g/mol. The van der Waals surface area contributed by atoms with Crippen molar-refractivity contribution in [2.45, 2.75) is 6.42 Å². The summed E-state index contributed by atoms with van der Waals surface area (Å²) in [6, 6.07) is 0. The maximum atomic E-state index is 8.92. The van der Waals surface area contributed by atoms with Crippen LogP contribution < -0.4 is 0 Å². The minimum absolute atomic E-state index is 0.129. The van der Waals surface area contributed by atoms with Gasteiger partial charge in [0.15, 0.2) is 0 Å². The standard InChI is InChI=1S/C8H10IO/c1-8(6-10)4-2-3-7(9)5-8/h2-3,5,10H,1,4,6H2. The Hall–Kier alpha value is 0.170. The predicted molar refractivity (Wildman–Crippen MR) is 50.7 cm³/mol. The van der Waals surface area contributed by atoms with Crippen LogP contribution in [0.5, 0.6) is 0 Å². The Morgan fingerprint density at radius 3 is 2.90 bits per heavy atom. The molecule has 2 heteroatoms. The van der Waals surface area contributed by atoms with Crippen molar-refractivity contribution in [3.63, 3.8) is 0 Å². The summed E-state index contributed by atoms with van der Waals surface area (Å²) in [5.74, 6) is 0. The maximum Gasteiger partial charge on any atom is 0.0525 e. The van der Waals surface area contributed by atoms with Gasteiger partial charge < -0.3 is 5.11 Å². The first-order valence-corrected chi connectivity index (χ1v) is 4.25. The molecule has 1 nitrogen and oxygen atoms in total. The van der Waals surface area contributed by atoms with Crippen LogP contribution in [0, 0.1) is 12.3 Å². The largest absolute Gasteiger partial charge is 0.395 e. The molecule has 0 saturated carbocycles. The summed E-state index contributed by atoms with van der Waals surface area (Å²) >= 11 is 2.23. The second-order valence-electron chi connectivity index (χ2n) is 2.66. The molecule has 0 spiro atoms. The predicted octanol–water partition coefficient (Wildman–Crippen LogP) is 2.08. The highest BCUT2D eigenvalue weighted by Crippen LogP contribution is 2.30. The summed E-state index contributed by atoms with van der Waals surface area (Å²) in [6.45, 7) is 4.04. The van der Waals surface area contributed by atoms with Crippen molar-refractivity contribution in [2.24, 2.45) is 5.41 Å². The van der Waals surface area contributed by atoms with Crippen LogP contribution >= 0.6 is 22.6 Å². The lowest BCUT2D eigenvalue weighted by Gasteiger charge is -2.24. The molecule has 1 aliphatic carbocycles. The first-order valence-electron chi connectivity index (χ1n) is 3.17. The van der Waals surface area contributed by atoms with Crippen molar-refractivity contribution in [3.8, 4) is 0 Å². The fraction of sp³-hybridized carbons (Fsp3) is 0.375. The van der Waals surface area contributed by atoms with Gasteiger partial charge in [-0.3, -0.25) is 0 Å².